The lowest BCUT2D eigenvalue weighted by atomic mass is 9.96. The van der Waals surface area contributed by atoms with Crippen LogP contribution in [0.1, 0.15) is 26.7 Å². The van der Waals surface area contributed by atoms with E-state index in [4.69, 9.17) is 0 Å². The molecule has 0 unspecified atom stereocenters. The first-order valence-electron chi connectivity index (χ1n) is 3.84. The molecule has 6 heteroatoms. The first-order valence-corrected chi connectivity index (χ1v) is 3.84. The zero-order valence-electron chi connectivity index (χ0n) is 7.44. The molecular formula is C7H12F3NO2. The Hall–Kier alpha value is -0.940. The highest BCUT2D eigenvalue weighted by Crippen LogP contribution is 2.38. The van der Waals surface area contributed by atoms with Gasteiger partial charge in [0.05, 0.1) is 0 Å². The van der Waals surface area contributed by atoms with E-state index < -0.39 is 17.9 Å². The second kappa shape index (κ2) is 3.85. The first kappa shape index (κ1) is 12.1. The summed E-state index contributed by atoms with van der Waals surface area (Å²) in [5.74, 6) is 0. The Morgan fingerprint density at radius 3 is 1.77 bits per heavy atom. The number of amides is 1. The molecule has 0 radical (unpaired) electrons. The van der Waals surface area contributed by atoms with Crippen molar-refractivity contribution in [3.8, 4) is 0 Å². The Bertz CT molecular complexity index is 187. The second-order valence-corrected chi connectivity index (χ2v) is 2.62. The van der Waals surface area contributed by atoms with Crippen molar-refractivity contribution in [2.45, 2.75) is 38.5 Å². The number of alkyl halides is 3. The van der Waals surface area contributed by atoms with Gasteiger partial charge < -0.3 is 10.5 Å². The third-order valence-corrected chi connectivity index (χ3v) is 1.95. The summed E-state index contributed by atoms with van der Waals surface area (Å²) in [6.45, 7) is 2.58. The molecule has 78 valence electrons. The van der Waals surface area contributed by atoms with E-state index in [1.807, 2.05) is 0 Å². The highest BCUT2D eigenvalue weighted by atomic mass is 19.4. The molecule has 0 bridgehead atoms. The van der Waals surface area contributed by atoms with E-state index in [1.165, 1.54) is 13.8 Å². The van der Waals surface area contributed by atoms with Gasteiger partial charge in [0.25, 0.3) is 0 Å². The minimum atomic E-state index is -4.58. The summed E-state index contributed by atoms with van der Waals surface area (Å²) in [5, 5.41) is 0. The monoisotopic (exact) mass is 199 g/mol. The standard InChI is InChI=1S/C7H12F3NO2/c1-3-6(4-2,7(8,9)10)13-5(11)12/h3-4H2,1-2H3,(H2,11,12). The van der Waals surface area contributed by atoms with Gasteiger partial charge in [0.15, 0.2) is 0 Å². The zero-order valence-corrected chi connectivity index (χ0v) is 7.44. The van der Waals surface area contributed by atoms with Crippen LogP contribution in [0.3, 0.4) is 0 Å². The van der Waals surface area contributed by atoms with Gasteiger partial charge in [-0.2, -0.15) is 13.2 Å². The quantitative estimate of drug-likeness (QED) is 0.757. The molecule has 0 aliphatic carbocycles. The molecule has 0 atom stereocenters. The van der Waals surface area contributed by atoms with E-state index in [1.54, 1.807) is 0 Å². The predicted molar refractivity (Wildman–Crippen MR) is 40.0 cm³/mol. The van der Waals surface area contributed by atoms with Crippen molar-refractivity contribution in [1.29, 1.82) is 0 Å². The van der Waals surface area contributed by atoms with Gasteiger partial charge in [-0.3, -0.25) is 0 Å². The van der Waals surface area contributed by atoms with Crippen LogP contribution in [0.25, 0.3) is 0 Å². The summed E-state index contributed by atoms with van der Waals surface area (Å²) in [7, 11) is 0. The van der Waals surface area contributed by atoms with E-state index in [2.05, 4.69) is 10.5 Å². The number of rotatable bonds is 3. The van der Waals surface area contributed by atoms with E-state index >= 15 is 0 Å². The van der Waals surface area contributed by atoms with Gasteiger partial charge in [-0.1, -0.05) is 13.8 Å². The maximum absolute atomic E-state index is 12.4. The summed E-state index contributed by atoms with van der Waals surface area (Å²) in [5.41, 5.74) is 2.13. The Morgan fingerprint density at radius 1 is 1.31 bits per heavy atom. The van der Waals surface area contributed by atoms with Crippen LogP contribution in [0.4, 0.5) is 18.0 Å². The average Bonchev–Trinajstić information content (AvgIpc) is 1.97. The summed E-state index contributed by atoms with van der Waals surface area (Å²) in [6, 6.07) is 0. The molecule has 1 amide bonds. The summed E-state index contributed by atoms with van der Waals surface area (Å²) in [4.78, 5) is 10.3. The molecule has 0 saturated heterocycles. The lowest BCUT2D eigenvalue weighted by molar-refractivity contribution is -0.259. The molecule has 3 nitrogen and oxygen atoms in total. The number of nitrogens with two attached hydrogens (primary N) is 1. The summed E-state index contributed by atoms with van der Waals surface area (Å²) in [6.07, 6.45) is -6.65. The summed E-state index contributed by atoms with van der Waals surface area (Å²) < 4.78 is 41.3. The molecule has 13 heavy (non-hydrogen) atoms. The zero-order chi connectivity index (χ0) is 10.7. The molecule has 0 aliphatic heterocycles. The normalized spacial score (nSPS) is 12.7. The molecule has 0 aromatic rings. The highest BCUT2D eigenvalue weighted by molar-refractivity contribution is 5.65. The molecule has 0 heterocycles. The van der Waals surface area contributed by atoms with Crippen LogP contribution in [-0.2, 0) is 4.74 Å². The third-order valence-electron chi connectivity index (χ3n) is 1.95. The van der Waals surface area contributed by atoms with Gasteiger partial charge >= 0.3 is 12.3 Å². The minimum Gasteiger partial charge on any atom is -0.433 e. The molecule has 0 saturated carbocycles. The Balaban J connectivity index is 4.80. The van der Waals surface area contributed by atoms with Gasteiger partial charge in [-0.15, -0.1) is 0 Å². The fourth-order valence-corrected chi connectivity index (χ4v) is 1.05. The number of halogens is 3. The number of hydrogen-bond acceptors (Lipinski definition) is 2. The predicted octanol–water partition coefficient (Wildman–Crippen LogP) is 2.20. The Kier molecular flexibility index (Phi) is 3.57. The van der Waals surface area contributed by atoms with E-state index in [0.29, 0.717) is 0 Å². The highest BCUT2D eigenvalue weighted by Gasteiger charge is 2.55. The molecule has 0 spiro atoms. The fraction of sp³-hybridized carbons (Fsp3) is 0.857. The lowest BCUT2D eigenvalue weighted by Crippen LogP contribution is -2.49. The summed E-state index contributed by atoms with van der Waals surface area (Å²) >= 11 is 0. The van der Waals surface area contributed by atoms with Gasteiger partial charge in [0.1, 0.15) is 0 Å². The van der Waals surface area contributed by atoms with Crippen LogP contribution in [0, 0.1) is 0 Å². The fourth-order valence-electron chi connectivity index (χ4n) is 1.05. The van der Waals surface area contributed by atoms with Crippen molar-refractivity contribution in [3.63, 3.8) is 0 Å². The Morgan fingerprint density at radius 2 is 1.69 bits per heavy atom. The molecule has 0 fully saturated rings. The van der Waals surface area contributed by atoms with Crippen LogP contribution in [0.15, 0.2) is 0 Å². The molecule has 0 aliphatic rings. The topological polar surface area (TPSA) is 52.3 Å². The minimum absolute atomic E-state index is 0.337. The van der Waals surface area contributed by atoms with E-state index in [0.717, 1.165) is 0 Å². The van der Waals surface area contributed by atoms with Crippen molar-refractivity contribution < 1.29 is 22.7 Å². The molecule has 0 rings (SSSR count). The average molecular weight is 199 g/mol. The Labute approximate surface area is 74.0 Å². The number of carbonyl (C=O) groups is 1. The van der Waals surface area contributed by atoms with Gasteiger partial charge in [0, 0.05) is 0 Å². The second-order valence-electron chi connectivity index (χ2n) is 2.62. The number of ether oxygens (including phenoxy) is 1. The number of carbonyl (C=O) groups excluding carboxylic acids is 1. The SMILES string of the molecule is CCC(CC)(OC(N)=O)C(F)(F)F. The third kappa shape index (κ3) is 2.50. The van der Waals surface area contributed by atoms with Crippen LogP contribution < -0.4 is 5.73 Å². The van der Waals surface area contributed by atoms with Crippen LogP contribution in [0.5, 0.6) is 0 Å². The van der Waals surface area contributed by atoms with E-state index in [9.17, 15) is 18.0 Å². The molecular weight excluding hydrogens is 187 g/mol. The van der Waals surface area contributed by atoms with Crippen LogP contribution >= 0.6 is 0 Å². The lowest BCUT2D eigenvalue weighted by Gasteiger charge is -2.32. The number of primary amides is 1. The van der Waals surface area contributed by atoms with Crippen molar-refractivity contribution in [2.75, 3.05) is 0 Å². The maximum Gasteiger partial charge on any atom is 0.428 e. The van der Waals surface area contributed by atoms with Crippen molar-refractivity contribution in [2.24, 2.45) is 5.73 Å². The van der Waals surface area contributed by atoms with Gasteiger partial charge in [0.2, 0.25) is 5.60 Å². The van der Waals surface area contributed by atoms with E-state index in [-0.39, 0.29) is 12.8 Å². The van der Waals surface area contributed by atoms with Crippen molar-refractivity contribution >= 4 is 6.09 Å². The van der Waals surface area contributed by atoms with Crippen molar-refractivity contribution in [3.05, 3.63) is 0 Å². The number of hydrogen-bond donors (Lipinski definition) is 1. The van der Waals surface area contributed by atoms with Gasteiger partial charge in [-0.25, -0.2) is 4.79 Å². The maximum atomic E-state index is 12.4. The molecule has 0 aromatic heterocycles. The molecule has 2 N–H and O–H groups in total. The van der Waals surface area contributed by atoms with Crippen LogP contribution in [0.2, 0.25) is 0 Å². The first-order chi connectivity index (χ1) is 5.79. The largest absolute Gasteiger partial charge is 0.433 e. The molecule has 0 aromatic carbocycles. The van der Waals surface area contributed by atoms with Gasteiger partial charge in [-0.05, 0) is 12.8 Å². The van der Waals surface area contributed by atoms with Crippen molar-refractivity contribution in [1.82, 2.24) is 0 Å². The smallest absolute Gasteiger partial charge is 0.428 e. The van der Waals surface area contributed by atoms with Crippen LogP contribution in [-0.4, -0.2) is 17.9 Å².